The zero-order valence-corrected chi connectivity index (χ0v) is 12.1. The molecule has 21 heavy (non-hydrogen) atoms. The first-order chi connectivity index (χ1) is 10.1. The molecule has 2 N–H and O–H groups in total. The van der Waals surface area contributed by atoms with Crippen LogP contribution in [0.3, 0.4) is 0 Å². The number of fused-ring (bicyclic) bond motifs is 1. The molecule has 2 rings (SSSR count). The maximum absolute atomic E-state index is 11.7. The van der Waals surface area contributed by atoms with E-state index < -0.39 is 0 Å². The second-order valence-corrected chi connectivity index (χ2v) is 4.59. The third kappa shape index (κ3) is 3.95. The molecule has 0 fully saturated rings. The van der Waals surface area contributed by atoms with Crippen molar-refractivity contribution in [3.63, 3.8) is 0 Å². The van der Waals surface area contributed by atoms with Gasteiger partial charge in [0.25, 0.3) is 0 Å². The van der Waals surface area contributed by atoms with Crippen LogP contribution in [0.1, 0.15) is 29.9 Å². The number of aromatic nitrogens is 1. The minimum absolute atomic E-state index is 0.0569. The lowest BCUT2D eigenvalue weighted by atomic mass is 10.1. The zero-order valence-electron chi connectivity index (χ0n) is 12.1. The summed E-state index contributed by atoms with van der Waals surface area (Å²) in [6, 6.07) is 7.61. The number of rotatable bonds is 5. The number of aromatic amines is 1. The Kier molecular flexibility index (Phi) is 4.77. The summed E-state index contributed by atoms with van der Waals surface area (Å²) in [5.74, 6) is -0.407. The molecule has 1 amide bonds. The summed E-state index contributed by atoms with van der Waals surface area (Å²) in [5, 5.41) is 3.65. The van der Waals surface area contributed by atoms with E-state index in [-0.39, 0.29) is 11.9 Å². The first-order valence-corrected chi connectivity index (χ1v) is 6.81. The quantitative estimate of drug-likeness (QED) is 0.830. The molecule has 1 aromatic carbocycles. The number of hydrogen-bond acceptors (Lipinski definition) is 3. The fourth-order valence-electron chi connectivity index (χ4n) is 1.96. The molecule has 0 aliphatic carbocycles. The van der Waals surface area contributed by atoms with Gasteiger partial charge in [-0.15, -0.1) is 0 Å². The average Bonchev–Trinajstić information content (AvgIpc) is 2.87. The van der Waals surface area contributed by atoms with Gasteiger partial charge >= 0.3 is 5.97 Å². The fourth-order valence-corrected chi connectivity index (χ4v) is 1.96. The number of carbonyl (C=O) groups is 2. The summed E-state index contributed by atoms with van der Waals surface area (Å²) in [6.45, 7) is 4.10. The number of benzene rings is 1. The van der Waals surface area contributed by atoms with E-state index in [1.54, 1.807) is 13.0 Å². The van der Waals surface area contributed by atoms with E-state index >= 15 is 0 Å². The molecule has 0 radical (unpaired) electrons. The molecule has 0 bridgehead atoms. The van der Waals surface area contributed by atoms with E-state index in [4.69, 9.17) is 4.74 Å². The number of amides is 1. The zero-order chi connectivity index (χ0) is 15.2. The molecule has 5 nitrogen and oxygen atoms in total. The van der Waals surface area contributed by atoms with Crippen LogP contribution in [0.15, 0.2) is 30.3 Å². The lowest BCUT2D eigenvalue weighted by Gasteiger charge is -1.97. The summed E-state index contributed by atoms with van der Waals surface area (Å²) in [7, 11) is 0. The van der Waals surface area contributed by atoms with Gasteiger partial charge < -0.3 is 15.0 Å². The van der Waals surface area contributed by atoms with Gasteiger partial charge in [0.15, 0.2) is 0 Å². The van der Waals surface area contributed by atoms with Gasteiger partial charge in [-0.1, -0.05) is 24.3 Å². The van der Waals surface area contributed by atoms with Crippen LogP contribution < -0.4 is 5.32 Å². The normalized spacial score (nSPS) is 11.0. The van der Waals surface area contributed by atoms with E-state index in [0.29, 0.717) is 18.8 Å². The van der Waals surface area contributed by atoms with E-state index in [9.17, 15) is 9.59 Å². The Balaban J connectivity index is 2.14. The highest BCUT2D eigenvalue weighted by molar-refractivity contribution is 5.95. The van der Waals surface area contributed by atoms with Crippen LogP contribution in [0.2, 0.25) is 0 Å². The Morgan fingerprint density at radius 2 is 2.14 bits per heavy atom. The number of nitrogens with one attached hydrogen (secondary N) is 2. The molecule has 0 saturated heterocycles. The number of ether oxygens (including phenoxy) is 1. The minimum atomic E-state index is -0.351. The molecular weight excluding hydrogens is 268 g/mol. The highest BCUT2D eigenvalue weighted by atomic mass is 16.5. The van der Waals surface area contributed by atoms with Crippen molar-refractivity contribution in [2.45, 2.75) is 13.8 Å². The van der Waals surface area contributed by atoms with Crippen molar-refractivity contribution in [3.8, 4) is 0 Å². The number of H-pyrrole nitrogens is 1. The number of esters is 1. The summed E-state index contributed by atoms with van der Waals surface area (Å²) in [6.07, 6.45) is 3.79. The highest BCUT2D eigenvalue weighted by Gasteiger charge is 2.09. The fraction of sp³-hybridized carbons (Fsp3) is 0.250. The summed E-state index contributed by atoms with van der Waals surface area (Å²) in [4.78, 5) is 25.5. The third-order valence-corrected chi connectivity index (χ3v) is 2.92. The standard InChI is InChI=1S/C16H18N2O3/c1-3-21-16(20)15-10-13-7-6-12(9-14(13)18-15)5-4-8-17-11(2)19/h4-7,9-10,18H,3,8H2,1-2H3,(H,17,19). The van der Waals surface area contributed by atoms with Crippen molar-refractivity contribution in [2.24, 2.45) is 0 Å². The van der Waals surface area contributed by atoms with Crippen molar-refractivity contribution in [1.82, 2.24) is 10.3 Å². The van der Waals surface area contributed by atoms with Crippen LogP contribution in [0.25, 0.3) is 17.0 Å². The molecule has 0 atom stereocenters. The molecule has 2 aromatic rings. The molecule has 0 spiro atoms. The topological polar surface area (TPSA) is 71.2 Å². The molecule has 0 aliphatic rings. The van der Waals surface area contributed by atoms with Crippen molar-refractivity contribution in [3.05, 3.63) is 41.6 Å². The van der Waals surface area contributed by atoms with E-state index in [1.807, 2.05) is 30.4 Å². The SMILES string of the molecule is CCOC(=O)c1cc2ccc(C=CCNC(C)=O)cc2[nH]1. The predicted molar refractivity (Wildman–Crippen MR) is 82.0 cm³/mol. The Hall–Kier alpha value is -2.56. The lowest BCUT2D eigenvalue weighted by molar-refractivity contribution is -0.118. The monoisotopic (exact) mass is 286 g/mol. The molecule has 1 aromatic heterocycles. The van der Waals surface area contributed by atoms with Gasteiger partial charge in [0.1, 0.15) is 5.69 Å². The third-order valence-electron chi connectivity index (χ3n) is 2.92. The van der Waals surface area contributed by atoms with Crippen LogP contribution >= 0.6 is 0 Å². The van der Waals surface area contributed by atoms with Gasteiger partial charge in [-0.3, -0.25) is 4.79 Å². The van der Waals surface area contributed by atoms with Crippen molar-refractivity contribution >= 4 is 28.9 Å². The summed E-state index contributed by atoms with van der Waals surface area (Å²) in [5.41, 5.74) is 2.32. The van der Waals surface area contributed by atoms with Crippen LogP contribution in [-0.2, 0) is 9.53 Å². The van der Waals surface area contributed by atoms with Crippen molar-refractivity contribution < 1.29 is 14.3 Å². The van der Waals surface area contributed by atoms with Gasteiger partial charge in [-0.25, -0.2) is 4.79 Å². The van der Waals surface area contributed by atoms with E-state index in [2.05, 4.69) is 10.3 Å². The highest BCUT2D eigenvalue weighted by Crippen LogP contribution is 2.18. The Labute approximate surface area is 123 Å². The van der Waals surface area contributed by atoms with E-state index in [0.717, 1.165) is 16.5 Å². The van der Waals surface area contributed by atoms with Crippen molar-refractivity contribution in [1.29, 1.82) is 0 Å². The second-order valence-electron chi connectivity index (χ2n) is 4.59. The summed E-state index contributed by atoms with van der Waals surface area (Å²) < 4.78 is 4.97. The smallest absolute Gasteiger partial charge is 0.354 e. The van der Waals surface area contributed by atoms with Gasteiger partial charge in [0.05, 0.1) is 6.61 Å². The average molecular weight is 286 g/mol. The first kappa shape index (κ1) is 14.8. The molecular formula is C16H18N2O3. The van der Waals surface area contributed by atoms with Crippen molar-refractivity contribution in [2.75, 3.05) is 13.2 Å². The van der Waals surface area contributed by atoms with Crippen LogP contribution in [0, 0.1) is 0 Å². The van der Waals surface area contributed by atoms with Crippen LogP contribution in [0.5, 0.6) is 0 Å². The van der Waals surface area contributed by atoms with Gasteiger partial charge in [-0.2, -0.15) is 0 Å². The lowest BCUT2D eigenvalue weighted by Crippen LogP contribution is -2.19. The molecule has 0 unspecified atom stereocenters. The van der Waals surface area contributed by atoms with Gasteiger partial charge in [0.2, 0.25) is 5.91 Å². The largest absolute Gasteiger partial charge is 0.461 e. The van der Waals surface area contributed by atoms with Gasteiger partial charge in [-0.05, 0) is 24.6 Å². The number of carbonyl (C=O) groups excluding carboxylic acids is 2. The molecule has 1 heterocycles. The molecule has 0 saturated carbocycles. The first-order valence-electron chi connectivity index (χ1n) is 6.81. The van der Waals surface area contributed by atoms with Crippen LogP contribution in [-0.4, -0.2) is 30.0 Å². The molecule has 0 aliphatic heterocycles. The minimum Gasteiger partial charge on any atom is -0.461 e. The number of hydrogen-bond donors (Lipinski definition) is 2. The van der Waals surface area contributed by atoms with Gasteiger partial charge in [0, 0.05) is 24.4 Å². The summed E-state index contributed by atoms with van der Waals surface area (Å²) >= 11 is 0. The van der Waals surface area contributed by atoms with E-state index in [1.165, 1.54) is 6.92 Å². The molecule has 5 heteroatoms. The predicted octanol–water partition coefficient (Wildman–Crippen LogP) is 2.49. The maximum atomic E-state index is 11.7. The Morgan fingerprint density at radius 1 is 1.33 bits per heavy atom. The Bertz CT molecular complexity index is 686. The Morgan fingerprint density at radius 3 is 2.86 bits per heavy atom. The van der Waals surface area contributed by atoms with Crippen LogP contribution in [0.4, 0.5) is 0 Å². The second kappa shape index (κ2) is 6.74. The maximum Gasteiger partial charge on any atom is 0.354 e. The molecule has 110 valence electrons.